The summed E-state index contributed by atoms with van der Waals surface area (Å²) in [6, 6.07) is 4.09. The number of benzene rings is 1. The van der Waals surface area contributed by atoms with Crippen LogP contribution in [0.3, 0.4) is 0 Å². The van der Waals surface area contributed by atoms with Crippen LogP contribution in [-0.2, 0) is 13.5 Å². The van der Waals surface area contributed by atoms with Crippen LogP contribution in [-0.4, -0.2) is 26.1 Å². The van der Waals surface area contributed by atoms with Crippen LogP contribution in [0, 0.1) is 6.92 Å². The number of H-pyrrole nitrogens is 1. The highest BCUT2D eigenvalue weighted by Crippen LogP contribution is 2.32. The maximum atomic E-state index is 11.6. The molecule has 0 saturated heterocycles. The van der Waals surface area contributed by atoms with Gasteiger partial charge in [-0.3, -0.25) is 9.55 Å². The lowest BCUT2D eigenvalue weighted by Crippen LogP contribution is -2.11. The van der Waals surface area contributed by atoms with Crippen LogP contribution < -0.4 is 15.7 Å². The van der Waals surface area contributed by atoms with E-state index in [0.29, 0.717) is 17.1 Å². The van der Waals surface area contributed by atoms with Crippen molar-refractivity contribution in [2.75, 3.05) is 11.9 Å². The van der Waals surface area contributed by atoms with E-state index in [4.69, 9.17) is 4.74 Å². The molecule has 4 rings (SSSR count). The number of ether oxygens (including phenoxy) is 1. The average molecular weight is 297 g/mol. The van der Waals surface area contributed by atoms with Crippen LogP contribution in [0.15, 0.2) is 23.1 Å². The highest BCUT2D eigenvalue weighted by molar-refractivity contribution is 5.72. The largest absolute Gasteiger partial charge is 0.493 e. The minimum Gasteiger partial charge on any atom is -0.493 e. The van der Waals surface area contributed by atoms with Gasteiger partial charge in [0.15, 0.2) is 5.65 Å². The van der Waals surface area contributed by atoms with Crippen LogP contribution in [0.25, 0.3) is 11.2 Å². The number of imidazole rings is 1. The van der Waals surface area contributed by atoms with E-state index in [9.17, 15) is 4.79 Å². The van der Waals surface area contributed by atoms with E-state index in [1.165, 1.54) is 10.1 Å². The van der Waals surface area contributed by atoms with E-state index >= 15 is 0 Å². The van der Waals surface area contributed by atoms with Gasteiger partial charge in [-0.15, -0.1) is 0 Å². The van der Waals surface area contributed by atoms with Crippen molar-refractivity contribution < 1.29 is 4.74 Å². The fraction of sp³-hybridized carbons (Fsp3) is 0.267. The van der Waals surface area contributed by atoms with E-state index in [2.05, 4.69) is 26.3 Å². The number of hydrogen-bond acceptors (Lipinski definition) is 5. The topological polar surface area (TPSA) is 84.8 Å². The third-order valence-corrected chi connectivity index (χ3v) is 3.94. The van der Waals surface area contributed by atoms with Crippen LogP contribution in [0.1, 0.15) is 11.1 Å². The second-order valence-corrected chi connectivity index (χ2v) is 5.41. The van der Waals surface area contributed by atoms with Crippen molar-refractivity contribution in [3.05, 3.63) is 39.9 Å². The number of aryl methyl sites for hydroxylation is 2. The van der Waals surface area contributed by atoms with Crippen molar-refractivity contribution in [1.82, 2.24) is 19.5 Å². The summed E-state index contributed by atoms with van der Waals surface area (Å²) in [6.07, 6.45) is 2.55. The Balaban J connectivity index is 1.73. The molecule has 1 aliphatic rings. The summed E-state index contributed by atoms with van der Waals surface area (Å²) < 4.78 is 7.04. The lowest BCUT2D eigenvalue weighted by molar-refractivity contribution is 0.356. The summed E-state index contributed by atoms with van der Waals surface area (Å²) in [7, 11) is 1.68. The Kier molecular flexibility index (Phi) is 2.69. The third kappa shape index (κ3) is 1.93. The molecule has 0 radical (unpaired) electrons. The van der Waals surface area contributed by atoms with E-state index in [-0.39, 0.29) is 5.69 Å². The summed E-state index contributed by atoms with van der Waals surface area (Å²) in [6.45, 7) is 2.74. The Bertz CT molecular complexity index is 941. The molecule has 0 aliphatic carbocycles. The molecule has 0 bridgehead atoms. The van der Waals surface area contributed by atoms with Crippen LogP contribution in [0.5, 0.6) is 5.75 Å². The smallest absolute Gasteiger partial charge is 0.327 e. The molecule has 7 nitrogen and oxygen atoms in total. The number of hydrogen-bond donors (Lipinski definition) is 2. The number of nitrogens with zero attached hydrogens (tertiary/aromatic N) is 3. The zero-order valence-corrected chi connectivity index (χ0v) is 12.3. The molecule has 3 aromatic rings. The fourth-order valence-corrected chi connectivity index (χ4v) is 2.65. The number of nitrogens with one attached hydrogen (secondary N) is 2. The first kappa shape index (κ1) is 12.9. The molecular formula is C15H15N5O2. The van der Waals surface area contributed by atoms with Gasteiger partial charge in [0.2, 0.25) is 5.95 Å². The highest BCUT2D eigenvalue weighted by atomic mass is 16.5. The Labute approximate surface area is 126 Å². The first-order valence-electron chi connectivity index (χ1n) is 7.07. The summed E-state index contributed by atoms with van der Waals surface area (Å²) in [5.74, 6) is 1.41. The maximum absolute atomic E-state index is 11.6. The van der Waals surface area contributed by atoms with Crippen molar-refractivity contribution in [3.8, 4) is 5.75 Å². The molecule has 112 valence electrons. The monoisotopic (exact) mass is 297 g/mol. The average Bonchev–Trinajstić information content (AvgIpc) is 3.04. The van der Waals surface area contributed by atoms with Gasteiger partial charge in [0.1, 0.15) is 11.3 Å². The number of rotatable bonds is 2. The SMILES string of the molecule is Cc1cc2c(cc1Nc1ncc3c(n1)[nH]c(=O)n3C)CCO2. The van der Waals surface area contributed by atoms with Crippen molar-refractivity contribution in [2.45, 2.75) is 13.3 Å². The first-order valence-corrected chi connectivity index (χ1v) is 7.07. The predicted molar refractivity (Wildman–Crippen MR) is 82.8 cm³/mol. The Hall–Kier alpha value is -2.83. The lowest BCUT2D eigenvalue weighted by Gasteiger charge is -2.10. The predicted octanol–water partition coefficient (Wildman–Crippen LogP) is 1.64. The van der Waals surface area contributed by atoms with Crippen molar-refractivity contribution in [2.24, 2.45) is 7.05 Å². The molecule has 1 aromatic carbocycles. The van der Waals surface area contributed by atoms with E-state index in [1.807, 2.05) is 13.0 Å². The number of aromatic amines is 1. The van der Waals surface area contributed by atoms with Gasteiger partial charge in [-0.2, -0.15) is 4.98 Å². The zero-order valence-electron chi connectivity index (χ0n) is 12.3. The van der Waals surface area contributed by atoms with E-state index in [1.54, 1.807) is 13.2 Å². The van der Waals surface area contributed by atoms with Gasteiger partial charge in [0, 0.05) is 19.2 Å². The van der Waals surface area contributed by atoms with Crippen LogP contribution >= 0.6 is 0 Å². The summed E-state index contributed by atoms with van der Waals surface area (Å²) >= 11 is 0. The molecule has 22 heavy (non-hydrogen) atoms. The quantitative estimate of drug-likeness (QED) is 0.751. The van der Waals surface area contributed by atoms with Gasteiger partial charge < -0.3 is 10.1 Å². The van der Waals surface area contributed by atoms with Gasteiger partial charge >= 0.3 is 5.69 Å². The van der Waals surface area contributed by atoms with Crippen molar-refractivity contribution >= 4 is 22.8 Å². The van der Waals surface area contributed by atoms with Gasteiger partial charge in [0.05, 0.1) is 12.8 Å². The molecule has 2 aromatic heterocycles. The minimum absolute atomic E-state index is 0.202. The maximum Gasteiger partial charge on any atom is 0.327 e. The zero-order chi connectivity index (χ0) is 15.3. The molecule has 1 aliphatic heterocycles. The highest BCUT2D eigenvalue weighted by Gasteiger charge is 2.15. The molecule has 0 unspecified atom stereocenters. The Morgan fingerprint density at radius 2 is 2.27 bits per heavy atom. The molecule has 2 N–H and O–H groups in total. The normalized spacial score (nSPS) is 13.2. The summed E-state index contributed by atoms with van der Waals surface area (Å²) in [5, 5.41) is 3.21. The Morgan fingerprint density at radius 3 is 3.14 bits per heavy atom. The van der Waals surface area contributed by atoms with Crippen LogP contribution in [0.2, 0.25) is 0 Å². The van der Waals surface area contributed by atoms with Gasteiger partial charge in [-0.25, -0.2) is 9.78 Å². The first-order chi connectivity index (χ1) is 10.6. The summed E-state index contributed by atoms with van der Waals surface area (Å²) in [5.41, 5.74) is 4.18. The van der Waals surface area contributed by atoms with Gasteiger partial charge in [-0.05, 0) is 30.2 Å². The van der Waals surface area contributed by atoms with Crippen LogP contribution in [0.4, 0.5) is 11.6 Å². The second-order valence-electron chi connectivity index (χ2n) is 5.41. The van der Waals surface area contributed by atoms with Crippen molar-refractivity contribution in [3.63, 3.8) is 0 Å². The molecule has 0 atom stereocenters. The molecular weight excluding hydrogens is 282 g/mol. The standard InChI is InChI=1S/C15H15N5O2/c1-8-5-12-9(3-4-22-12)6-10(8)17-14-16-7-11-13(18-14)19-15(21)20(11)2/h5-7H,3-4H2,1-2H3,(H2,16,17,18,19,21). The summed E-state index contributed by atoms with van der Waals surface area (Å²) in [4.78, 5) is 22.9. The van der Waals surface area contributed by atoms with E-state index < -0.39 is 0 Å². The minimum atomic E-state index is -0.202. The molecule has 0 spiro atoms. The van der Waals surface area contributed by atoms with Gasteiger partial charge in [-0.1, -0.05) is 0 Å². The Morgan fingerprint density at radius 1 is 1.41 bits per heavy atom. The van der Waals surface area contributed by atoms with E-state index in [0.717, 1.165) is 30.0 Å². The van der Waals surface area contributed by atoms with Gasteiger partial charge in [0.25, 0.3) is 0 Å². The number of aromatic nitrogens is 4. The molecule has 7 heteroatoms. The molecule has 3 heterocycles. The molecule has 0 amide bonds. The number of fused-ring (bicyclic) bond motifs is 2. The third-order valence-electron chi connectivity index (χ3n) is 3.94. The van der Waals surface area contributed by atoms with Crippen molar-refractivity contribution in [1.29, 1.82) is 0 Å². The molecule has 0 saturated carbocycles. The molecule has 0 fully saturated rings. The fourth-order valence-electron chi connectivity index (χ4n) is 2.65. The lowest BCUT2D eigenvalue weighted by atomic mass is 10.1. The number of anilines is 2. The second kappa shape index (κ2) is 4.59.